The van der Waals surface area contributed by atoms with E-state index in [-0.39, 0.29) is 11.1 Å². The normalized spacial score (nSPS) is 16.7. The molecule has 1 aromatic heterocycles. The standard InChI is InChI=1S/C21H25ClN2O4S/c1-20(2)10-13-15(19(26)28-6)18(29-16(13)21(3,4)24-20)23-17(25)12-9-11(22)7-8-14(12)27-5/h7-9,24H,10H2,1-6H3,(H,23,25). The van der Waals surface area contributed by atoms with Crippen LogP contribution in [-0.2, 0) is 16.7 Å². The van der Waals surface area contributed by atoms with Crippen LogP contribution in [0.5, 0.6) is 5.75 Å². The topological polar surface area (TPSA) is 76.7 Å². The molecule has 8 heteroatoms. The fourth-order valence-corrected chi connectivity index (χ4v) is 5.39. The lowest BCUT2D eigenvalue weighted by molar-refractivity contribution is 0.0600. The van der Waals surface area contributed by atoms with Crippen LogP contribution < -0.4 is 15.4 Å². The van der Waals surface area contributed by atoms with Crippen molar-refractivity contribution in [2.24, 2.45) is 0 Å². The Morgan fingerprint density at radius 1 is 1.21 bits per heavy atom. The van der Waals surface area contributed by atoms with E-state index in [0.717, 1.165) is 10.4 Å². The number of thiophene rings is 1. The predicted octanol–water partition coefficient (Wildman–Crippen LogP) is 4.61. The summed E-state index contributed by atoms with van der Waals surface area (Å²) in [6.45, 7) is 8.31. The smallest absolute Gasteiger partial charge is 0.341 e. The first-order valence-electron chi connectivity index (χ1n) is 9.18. The summed E-state index contributed by atoms with van der Waals surface area (Å²) in [5, 5.41) is 7.36. The maximum atomic E-state index is 13.0. The van der Waals surface area contributed by atoms with Gasteiger partial charge in [0.05, 0.1) is 25.3 Å². The molecule has 0 atom stereocenters. The van der Waals surface area contributed by atoms with Crippen LogP contribution >= 0.6 is 22.9 Å². The highest BCUT2D eigenvalue weighted by Crippen LogP contribution is 2.45. The van der Waals surface area contributed by atoms with E-state index in [2.05, 4.69) is 38.3 Å². The maximum Gasteiger partial charge on any atom is 0.341 e. The van der Waals surface area contributed by atoms with Gasteiger partial charge in [0, 0.05) is 21.0 Å². The van der Waals surface area contributed by atoms with Crippen molar-refractivity contribution in [3.63, 3.8) is 0 Å². The monoisotopic (exact) mass is 436 g/mol. The number of anilines is 1. The molecule has 1 aliphatic rings. The summed E-state index contributed by atoms with van der Waals surface area (Å²) in [7, 11) is 2.83. The molecule has 0 radical (unpaired) electrons. The molecule has 0 saturated heterocycles. The number of hydrogen-bond donors (Lipinski definition) is 2. The molecule has 156 valence electrons. The van der Waals surface area contributed by atoms with Crippen molar-refractivity contribution in [2.75, 3.05) is 19.5 Å². The van der Waals surface area contributed by atoms with E-state index >= 15 is 0 Å². The Balaban J connectivity index is 2.09. The molecule has 3 rings (SSSR count). The van der Waals surface area contributed by atoms with Crippen LogP contribution in [0.15, 0.2) is 18.2 Å². The van der Waals surface area contributed by atoms with Gasteiger partial charge in [-0.3, -0.25) is 4.79 Å². The number of halogens is 1. The molecule has 0 spiro atoms. The molecular weight excluding hydrogens is 412 g/mol. The average Bonchev–Trinajstić information content (AvgIpc) is 2.97. The van der Waals surface area contributed by atoms with Gasteiger partial charge in [-0.15, -0.1) is 11.3 Å². The minimum absolute atomic E-state index is 0.211. The number of carbonyl (C=O) groups is 2. The van der Waals surface area contributed by atoms with E-state index < -0.39 is 11.9 Å². The van der Waals surface area contributed by atoms with Gasteiger partial charge in [0.25, 0.3) is 5.91 Å². The Labute approximate surface area is 179 Å². The third kappa shape index (κ3) is 4.13. The number of fused-ring (bicyclic) bond motifs is 1. The van der Waals surface area contributed by atoms with Crippen molar-refractivity contribution in [3.05, 3.63) is 44.8 Å². The predicted molar refractivity (Wildman–Crippen MR) is 116 cm³/mol. The minimum Gasteiger partial charge on any atom is -0.496 e. The average molecular weight is 437 g/mol. The second kappa shape index (κ2) is 7.63. The SMILES string of the molecule is COC(=O)c1c(NC(=O)c2cc(Cl)ccc2OC)sc2c1CC(C)(C)NC2(C)C. The molecule has 0 fully saturated rings. The van der Waals surface area contributed by atoms with E-state index in [9.17, 15) is 9.59 Å². The lowest BCUT2D eigenvalue weighted by Gasteiger charge is -2.42. The maximum absolute atomic E-state index is 13.0. The van der Waals surface area contributed by atoms with Crippen LogP contribution in [0, 0.1) is 0 Å². The van der Waals surface area contributed by atoms with Crippen molar-refractivity contribution in [2.45, 2.75) is 45.2 Å². The van der Waals surface area contributed by atoms with Gasteiger partial charge < -0.3 is 20.1 Å². The summed E-state index contributed by atoms with van der Waals surface area (Å²) in [5.41, 5.74) is 1.03. The lowest BCUT2D eigenvalue weighted by atomic mass is 9.81. The largest absolute Gasteiger partial charge is 0.496 e. The second-order valence-electron chi connectivity index (χ2n) is 8.21. The van der Waals surface area contributed by atoms with E-state index in [1.54, 1.807) is 12.1 Å². The molecule has 2 heterocycles. The number of benzene rings is 1. The molecule has 2 N–H and O–H groups in total. The number of amides is 1. The first-order valence-corrected chi connectivity index (χ1v) is 10.4. The third-order valence-electron chi connectivity index (χ3n) is 4.87. The minimum atomic E-state index is -0.468. The summed E-state index contributed by atoms with van der Waals surface area (Å²) in [4.78, 5) is 26.7. The number of carbonyl (C=O) groups excluding carboxylic acids is 2. The zero-order chi connectivity index (χ0) is 21.6. The number of ether oxygens (including phenoxy) is 2. The highest BCUT2D eigenvalue weighted by atomic mass is 35.5. The van der Waals surface area contributed by atoms with E-state index in [4.69, 9.17) is 21.1 Å². The Morgan fingerprint density at radius 3 is 2.52 bits per heavy atom. The van der Waals surface area contributed by atoms with Gasteiger partial charge in [-0.1, -0.05) is 11.6 Å². The van der Waals surface area contributed by atoms with Crippen LogP contribution in [0.2, 0.25) is 5.02 Å². The first kappa shape index (κ1) is 21.6. The molecule has 0 unspecified atom stereocenters. The summed E-state index contributed by atoms with van der Waals surface area (Å²) in [6, 6.07) is 4.82. The zero-order valence-corrected chi connectivity index (χ0v) is 18.9. The number of rotatable bonds is 4. The van der Waals surface area contributed by atoms with Gasteiger partial charge in [-0.25, -0.2) is 4.79 Å². The Morgan fingerprint density at radius 2 is 1.90 bits per heavy atom. The van der Waals surface area contributed by atoms with Crippen LogP contribution in [0.3, 0.4) is 0 Å². The third-order valence-corrected chi connectivity index (χ3v) is 6.57. The second-order valence-corrected chi connectivity index (χ2v) is 9.67. The van der Waals surface area contributed by atoms with Crippen molar-refractivity contribution >= 4 is 39.8 Å². The number of nitrogens with one attached hydrogen (secondary N) is 2. The highest BCUT2D eigenvalue weighted by Gasteiger charge is 2.42. The van der Waals surface area contributed by atoms with E-state index in [1.165, 1.54) is 31.6 Å². The molecule has 1 aromatic carbocycles. The number of esters is 1. The Hall–Kier alpha value is -2.09. The first-order chi connectivity index (χ1) is 13.5. The Bertz CT molecular complexity index is 981. The molecule has 1 amide bonds. The van der Waals surface area contributed by atoms with Gasteiger partial charge >= 0.3 is 5.97 Å². The van der Waals surface area contributed by atoms with Gasteiger partial charge in [0.1, 0.15) is 10.8 Å². The Kier molecular flexibility index (Phi) is 5.69. The van der Waals surface area contributed by atoms with Crippen LogP contribution in [0.1, 0.15) is 58.9 Å². The van der Waals surface area contributed by atoms with Gasteiger partial charge in [0.2, 0.25) is 0 Å². The molecule has 0 bridgehead atoms. The number of methoxy groups -OCH3 is 2. The van der Waals surface area contributed by atoms with Crippen LogP contribution in [0.4, 0.5) is 5.00 Å². The molecule has 2 aromatic rings. The van der Waals surface area contributed by atoms with Gasteiger partial charge in [-0.2, -0.15) is 0 Å². The fourth-order valence-electron chi connectivity index (χ4n) is 3.96. The van der Waals surface area contributed by atoms with Gasteiger partial charge in [0.15, 0.2) is 0 Å². The lowest BCUT2D eigenvalue weighted by Crippen LogP contribution is -2.55. The van der Waals surface area contributed by atoms with Crippen LogP contribution in [0.25, 0.3) is 0 Å². The van der Waals surface area contributed by atoms with Crippen molar-refractivity contribution in [1.82, 2.24) is 5.32 Å². The van der Waals surface area contributed by atoms with Crippen molar-refractivity contribution < 1.29 is 19.1 Å². The molecule has 0 aliphatic carbocycles. The van der Waals surface area contributed by atoms with Crippen LogP contribution in [-0.4, -0.2) is 31.6 Å². The zero-order valence-electron chi connectivity index (χ0n) is 17.4. The molecule has 29 heavy (non-hydrogen) atoms. The quantitative estimate of drug-likeness (QED) is 0.684. The fraction of sp³-hybridized carbons (Fsp3) is 0.429. The molecule has 6 nitrogen and oxygen atoms in total. The van der Waals surface area contributed by atoms with E-state index in [0.29, 0.717) is 33.3 Å². The number of hydrogen-bond acceptors (Lipinski definition) is 6. The highest BCUT2D eigenvalue weighted by molar-refractivity contribution is 7.17. The van der Waals surface area contributed by atoms with Crippen molar-refractivity contribution in [1.29, 1.82) is 0 Å². The van der Waals surface area contributed by atoms with E-state index in [1.807, 2.05) is 0 Å². The molecule has 1 aliphatic heterocycles. The molecule has 0 saturated carbocycles. The summed E-state index contributed by atoms with van der Waals surface area (Å²) >= 11 is 7.45. The summed E-state index contributed by atoms with van der Waals surface area (Å²) in [6.07, 6.45) is 0.642. The van der Waals surface area contributed by atoms with Gasteiger partial charge in [-0.05, 0) is 57.9 Å². The van der Waals surface area contributed by atoms with Crippen molar-refractivity contribution in [3.8, 4) is 5.75 Å². The summed E-state index contributed by atoms with van der Waals surface area (Å²) < 4.78 is 10.3. The summed E-state index contributed by atoms with van der Waals surface area (Å²) in [5.74, 6) is -0.474. The molecular formula is C21H25ClN2O4S.